The van der Waals surface area contributed by atoms with Gasteiger partial charge in [-0.15, -0.1) is 0 Å². The number of hydrogen-bond donors (Lipinski definition) is 2. The number of hydrogen-bond acceptors (Lipinski definition) is 7. The molecule has 1 heterocycles. The molecule has 0 unspecified atom stereocenters. The maximum Gasteiger partial charge on any atom is 0.227 e. The van der Waals surface area contributed by atoms with Crippen molar-refractivity contribution in [2.75, 3.05) is 11.9 Å². The zero-order valence-corrected chi connectivity index (χ0v) is 19.1. The summed E-state index contributed by atoms with van der Waals surface area (Å²) in [6.07, 6.45) is 7.38. The Morgan fingerprint density at radius 1 is 1.24 bits per heavy atom. The minimum Gasteiger partial charge on any atom is -0.493 e. The number of rotatable bonds is 10. The topological polar surface area (TPSA) is 130 Å². The number of nitrogens with one attached hydrogen (secondary N) is 2. The molecule has 1 saturated carbocycles. The second-order valence-electron chi connectivity index (χ2n) is 8.38. The van der Waals surface area contributed by atoms with Gasteiger partial charge < -0.3 is 19.9 Å². The number of nitrogens with zero attached hydrogens (tertiary/aromatic N) is 3. The van der Waals surface area contributed by atoms with Gasteiger partial charge in [-0.05, 0) is 31.4 Å². The third-order valence-electron chi connectivity index (χ3n) is 5.65. The van der Waals surface area contributed by atoms with Crippen molar-refractivity contribution >= 4 is 17.5 Å². The number of benzene rings is 1. The number of nitriles is 1. The molecule has 2 N–H and O–H groups in total. The van der Waals surface area contributed by atoms with Gasteiger partial charge in [0.15, 0.2) is 5.82 Å². The van der Waals surface area contributed by atoms with Crippen molar-refractivity contribution in [2.24, 2.45) is 0 Å². The molecule has 1 aromatic heterocycles. The third-order valence-corrected chi connectivity index (χ3v) is 5.65. The minimum atomic E-state index is -0.597. The van der Waals surface area contributed by atoms with E-state index in [0.29, 0.717) is 49.0 Å². The summed E-state index contributed by atoms with van der Waals surface area (Å²) in [5.74, 6) is 1.22. The normalized spacial score (nSPS) is 15.2. The summed E-state index contributed by atoms with van der Waals surface area (Å²) in [5.41, 5.74) is 0.0343. The van der Waals surface area contributed by atoms with Gasteiger partial charge in [-0.25, -0.2) is 0 Å². The van der Waals surface area contributed by atoms with E-state index < -0.39 is 5.54 Å². The van der Waals surface area contributed by atoms with E-state index in [4.69, 9.17) is 14.5 Å². The van der Waals surface area contributed by atoms with Gasteiger partial charge in [0.2, 0.25) is 17.7 Å². The van der Waals surface area contributed by atoms with Gasteiger partial charge in [0.1, 0.15) is 11.3 Å². The van der Waals surface area contributed by atoms with E-state index in [-0.39, 0.29) is 18.2 Å². The summed E-state index contributed by atoms with van der Waals surface area (Å²) < 4.78 is 11.0. The third kappa shape index (κ3) is 7.31. The van der Waals surface area contributed by atoms with E-state index in [9.17, 15) is 9.59 Å². The zero-order valence-electron chi connectivity index (χ0n) is 19.1. The molecule has 1 aliphatic carbocycles. The first kappa shape index (κ1) is 24.2. The van der Waals surface area contributed by atoms with Crippen molar-refractivity contribution in [1.29, 1.82) is 5.26 Å². The lowest BCUT2D eigenvalue weighted by Gasteiger charge is -2.30. The Kier molecular flexibility index (Phi) is 8.81. The van der Waals surface area contributed by atoms with Crippen LogP contribution in [0.2, 0.25) is 0 Å². The first-order chi connectivity index (χ1) is 16.0. The Labute approximate surface area is 193 Å². The van der Waals surface area contributed by atoms with Crippen molar-refractivity contribution in [1.82, 2.24) is 15.5 Å². The van der Waals surface area contributed by atoms with E-state index in [1.54, 1.807) is 24.3 Å². The maximum absolute atomic E-state index is 12.4. The average molecular weight is 454 g/mol. The summed E-state index contributed by atoms with van der Waals surface area (Å²) in [6.45, 7) is 1.95. The fourth-order valence-corrected chi connectivity index (χ4v) is 4.07. The number of carbonyl (C=O) groups excluding carboxylic acids is 2. The molecule has 9 heteroatoms. The highest BCUT2D eigenvalue weighted by molar-refractivity contribution is 5.90. The van der Waals surface area contributed by atoms with Crippen LogP contribution < -0.4 is 15.4 Å². The average Bonchev–Trinajstić information content (AvgIpc) is 3.15. The van der Waals surface area contributed by atoms with Crippen LogP contribution in [0.3, 0.4) is 0 Å². The predicted molar refractivity (Wildman–Crippen MR) is 121 cm³/mol. The minimum absolute atomic E-state index is 0.112. The van der Waals surface area contributed by atoms with Crippen LogP contribution in [0.1, 0.15) is 76.4 Å². The van der Waals surface area contributed by atoms with Crippen LogP contribution in [0.25, 0.3) is 0 Å². The lowest BCUT2D eigenvalue weighted by Crippen LogP contribution is -2.45. The lowest BCUT2D eigenvalue weighted by atomic mass is 9.89. The molecule has 3 rings (SSSR count). The van der Waals surface area contributed by atoms with E-state index in [1.165, 1.54) is 6.92 Å². The monoisotopic (exact) mass is 453 g/mol. The van der Waals surface area contributed by atoms with Gasteiger partial charge in [0.05, 0.1) is 12.7 Å². The first-order valence-electron chi connectivity index (χ1n) is 11.5. The van der Waals surface area contributed by atoms with Gasteiger partial charge in [0.25, 0.3) is 0 Å². The van der Waals surface area contributed by atoms with Gasteiger partial charge >= 0.3 is 0 Å². The molecule has 176 valence electrons. The van der Waals surface area contributed by atoms with Crippen LogP contribution in [-0.2, 0) is 21.5 Å². The molecule has 9 nitrogen and oxygen atoms in total. The number of amides is 2. The Morgan fingerprint density at radius 2 is 2.03 bits per heavy atom. The second-order valence-corrected chi connectivity index (χ2v) is 8.38. The number of carbonyl (C=O) groups is 2. The Morgan fingerprint density at radius 3 is 2.76 bits per heavy atom. The fraction of sp³-hybridized carbons (Fsp3) is 0.542. The summed E-state index contributed by atoms with van der Waals surface area (Å²) in [4.78, 5) is 28.8. The van der Waals surface area contributed by atoms with Crippen LogP contribution in [-0.4, -0.2) is 28.6 Å². The highest BCUT2D eigenvalue weighted by Gasteiger charge is 2.38. The summed E-state index contributed by atoms with van der Waals surface area (Å²) in [6, 6.07) is 9.22. The predicted octanol–water partition coefficient (Wildman–Crippen LogP) is 4.01. The van der Waals surface area contributed by atoms with Crippen molar-refractivity contribution in [3.63, 3.8) is 0 Å². The van der Waals surface area contributed by atoms with E-state index in [0.717, 1.165) is 38.5 Å². The number of anilines is 1. The van der Waals surface area contributed by atoms with Crippen molar-refractivity contribution in [2.45, 2.75) is 76.7 Å². The van der Waals surface area contributed by atoms with E-state index in [1.807, 2.05) is 0 Å². The van der Waals surface area contributed by atoms with E-state index in [2.05, 4.69) is 26.8 Å². The first-order valence-corrected chi connectivity index (χ1v) is 11.5. The Balaban J connectivity index is 1.55. The molecule has 1 aromatic carbocycles. The number of aromatic nitrogens is 2. The van der Waals surface area contributed by atoms with Crippen LogP contribution in [0.4, 0.5) is 5.69 Å². The molecule has 0 bridgehead atoms. The highest BCUT2D eigenvalue weighted by Crippen LogP contribution is 2.34. The van der Waals surface area contributed by atoms with Crippen LogP contribution in [0, 0.1) is 11.3 Å². The van der Waals surface area contributed by atoms with Gasteiger partial charge in [-0.3, -0.25) is 9.59 Å². The Hall–Kier alpha value is -3.41. The number of ether oxygens (including phenoxy) is 1. The number of unbranched alkanes of at least 4 members (excludes halogenated alkanes) is 1. The van der Waals surface area contributed by atoms with Crippen molar-refractivity contribution in [3.05, 3.63) is 36.0 Å². The van der Waals surface area contributed by atoms with E-state index >= 15 is 0 Å². The molecule has 0 aliphatic heterocycles. The molecular formula is C24H31N5O4. The molecule has 1 fully saturated rings. The standard InChI is InChI=1S/C24H31N5O4/c1-18(30)28-24(13-4-2-3-5-14-24)23-27-22(33-29-23)12-11-21(31)26-19-9-8-10-20(17-19)32-16-7-6-15-25/h8-10,17H,2-7,11-14,16H2,1H3,(H,26,31)(H,28,30). The largest absolute Gasteiger partial charge is 0.493 e. The molecule has 0 saturated heterocycles. The van der Waals surface area contributed by atoms with Crippen LogP contribution in [0.5, 0.6) is 5.75 Å². The maximum atomic E-state index is 12.4. The molecule has 1 aliphatic rings. The van der Waals surface area contributed by atoms with Gasteiger partial charge in [-0.1, -0.05) is 36.9 Å². The van der Waals surface area contributed by atoms with Crippen molar-refractivity contribution < 1.29 is 18.8 Å². The summed E-state index contributed by atoms with van der Waals surface area (Å²) >= 11 is 0. The van der Waals surface area contributed by atoms with Gasteiger partial charge in [-0.2, -0.15) is 10.2 Å². The molecular weight excluding hydrogens is 422 g/mol. The summed E-state index contributed by atoms with van der Waals surface area (Å²) in [5, 5.41) is 18.6. The molecule has 0 radical (unpaired) electrons. The lowest BCUT2D eigenvalue weighted by molar-refractivity contribution is -0.121. The molecule has 2 amide bonds. The molecule has 0 atom stereocenters. The number of aryl methyl sites for hydroxylation is 1. The second kappa shape index (κ2) is 12.0. The van der Waals surface area contributed by atoms with Gasteiger partial charge in [0, 0.05) is 37.9 Å². The van der Waals surface area contributed by atoms with Crippen LogP contribution in [0.15, 0.2) is 28.8 Å². The highest BCUT2D eigenvalue weighted by atomic mass is 16.5. The smallest absolute Gasteiger partial charge is 0.227 e. The molecule has 0 spiro atoms. The van der Waals surface area contributed by atoms with Crippen LogP contribution >= 0.6 is 0 Å². The summed E-state index contributed by atoms with van der Waals surface area (Å²) in [7, 11) is 0. The van der Waals surface area contributed by atoms with Crippen molar-refractivity contribution in [3.8, 4) is 11.8 Å². The Bertz CT molecular complexity index is 973. The molecule has 33 heavy (non-hydrogen) atoms. The quantitative estimate of drug-likeness (QED) is 0.410. The molecule has 2 aromatic rings. The fourth-order valence-electron chi connectivity index (χ4n) is 4.07. The zero-order chi connectivity index (χ0) is 23.5. The SMILES string of the molecule is CC(=O)NC1(c2noc(CCC(=O)Nc3cccc(OCCCC#N)c3)n2)CCCCCC1.